The van der Waals surface area contributed by atoms with Gasteiger partial charge in [0, 0.05) is 70.2 Å². The molecule has 0 N–H and O–H groups in total. The van der Waals surface area contributed by atoms with Crippen LogP contribution in [0.2, 0.25) is 0 Å². The average Bonchev–Trinajstić information content (AvgIpc) is 3.49. The second-order valence-electron chi connectivity index (χ2n) is 17.3. The van der Waals surface area contributed by atoms with Gasteiger partial charge < -0.3 is 24.1 Å². The quantitative estimate of drug-likeness (QED) is 0.0843. The lowest BCUT2D eigenvalue weighted by Crippen LogP contribution is -2.56. The van der Waals surface area contributed by atoms with Crippen molar-refractivity contribution >= 4 is 41.5 Å². The van der Waals surface area contributed by atoms with Crippen molar-refractivity contribution in [3.8, 4) is 0 Å². The van der Waals surface area contributed by atoms with E-state index < -0.39 is 22.4 Å². The minimum Gasteiger partial charge on any atom is -0.451 e. The summed E-state index contributed by atoms with van der Waals surface area (Å²) in [6.45, 7) is 6.99. The van der Waals surface area contributed by atoms with Gasteiger partial charge in [0.25, 0.3) is 0 Å². The van der Waals surface area contributed by atoms with E-state index >= 15 is 0 Å². The monoisotopic (exact) mass is 762 g/mol. The van der Waals surface area contributed by atoms with Crippen molar-refractivity contribution in [1.29, 1.82) is 0 Å². The molecule has 6 rings (SSSR count). The van der Waals surface area contributed by atoms with Crippen molar-refractivity contribution in [1.82, 2.24) is 0 Å². The minimum atomic E-state index is -1.11. The van der Waals surface area contributed by atoms with Gasteiger partial charge in [0.1, 0.15) is 12.6 Å². The summed E-state index contributed by atoms with van der Waals surface area (Å²) in [5, 5.41) is 0. The van der Waals surface area contributed by atoms with Gasteiger partial charge in [-0.3, -0.25) is 14.4 Å². The van der Waals surface area contributed by atoms with Crippen molar-refractivity contribution < 1.29 is 28.7 Å². The number of ketones is 2. The Morgan fingerprint density at radius 1 is 0.768 bits per heavy atom. The Bertz CT molecular complexity index is 1780. The highest BCUT2D eigenvalue weighted by Crippen LogP contribution is 2.66. The molecule has 0 aromatic heterocycles. The average molecular weight is 763 g/mol. The highest BCUT2D eigenvalue weighted by Gasteiger charge is 2.66. The third kappa shape index (κ3) is 7.69. The third-order valence-corrected chi connectivity index (χ3v) is 14.1. The van der Waals surface area contributed by atoms with Crippen LogP contribution >= 0.6 is 0 Å². The first-order valence-corrected chi connectivity index (χ1v) is 21.1. The van der Waals surface area contributed by atoms with Crippen LogP contribution in [0.3, 0.4) is 0 Å². The van der Waals surface area contributed by atoms with Gasteiger partial charge in [-0.05, 0) is 136 Å². The van der Waals surface area contributed by atoms with Gasteiger partial charge in [-0.1, -0.05) is 49.6 Å². The first-order chi connectivity index (χ1) is 26.9. The molecule has 0 amide bonds. The summed E-state index contributed by atoms with van der Waals surface area (Å²) in [7, 11) is 4.22. The minimum absolute atomic E-state index is 0.0557. The number of unbranched alkanes of at least 4 members (excludes halogenated alkanes) is 6. The SMILES string of the molecule is CC(=O)O[C@]1(C(C)=O)CC[C@H]2[C@@H]3CCC4=CC(=O)CC(c5ccc(N(C)CCCCCC=O)cc5)(c5ccc(N(C)CCCCCC=O)cc5)C4=C3CC[C@@]21C. The Balaban J connectivity index is 1.42. The largest absolute Gasteiger partial charge is 0.451 e. The number of benzene rings is 2. The maximum absolute atomic E-state index is 14.0. The summed E-state index contributed by atoms with van der Waals surface area (Å²) in [5.74, 6) is 0.0926. The fraction of sp³-hybridized carbons (Fsp3) is 0.562. The highest BCUT2D eigenvalue weighted by molar-refractivity contribution is 5.96. The van der Waals surface area contributed by atoms with E-state index in [9.17, 15) is 24.0 Å². The number of aldehydes is 2. The van der Waals surface area contributed by atoms with Crippen LogP contribution in [0.5, 0.6) is 0 Å². The summed E-state index contributed by atoms with van der Waals surface area (Å²) in [5.41, 5.74) is 6.03. The molecule has 4 atom stereocenters. The zero-order valence-electron chi connectivity index (χ0n) is 34.4. The van der Waals surface area contributed by atoms with Crippen LogP contribution in [0.1, 0.15) is 128 Å². The molecule has 4 aliphatic carbocycles. The second kappa shape index (κ2) is 17.4. The lowest BCUT2D eigenvalue weighted by atomic mass is 9.50. The Kier molecular flexibility index (Phi) is 12.9. The topological polar surface area (TPSA) is 101 Å². The van der Waals surface area contributed by atoms with Crippen LogP contribution < -0.4 is 9.80 Å². The number of fused-ring (bicyclic) bond motifs is 4. The lowest BCUT2D eigenvalue weighted by Gasteiger charge is -2.54. The van der Waals surface area contributed by atoms with E-state index in [2.05, 4.69) is 79.3 Å². The predicted molar refractivity (Wildman–Crippen MR) is 222 cm³/mol. The molecule has 2 aromatic rings. The number of allylic oxidation sites excluding steroid dienone is 4. The first-order valence-electron chi connectivity index (χ1n) is 21.1. The molecule has 0 spiro atoms. The second-order valence-corrected chi connectivity index (χ2v) is 17.3. The van der Waals surface area contributed by atoms with Gasteiger partial charge >= 0.3 is 5.97 Å². The van der Waals surface area contributed by atoms with E-state index in [1.54, 1.807) is 6.92 Å². The van der Waals surface area contributed by atoms with Gasteiger partial charge in [0.15, 0.2) is 17.2 Å². The molecule has 2 fully saturated rings. The third-order valence-electron chi connectivity index (χ3n) is 14.1. The van der Waals surface area contributed by atoms with E-state index in [1.807, 2.05) is 6.08 Å². The van der Waals surface area contributed by atoms with Crippen LogP contribution in [-0.2, 0) is 34.1 Å². The maximum atomic E-state index is 14.0. The summed E-state index contributed by atoms with van der Waals surface area (Å²) in [6.07, 6.45) is 15.9. The molecule has 8 nitrogen and oxygen atoms in total. The number of anilines is 2. The van der Waals surface area contributed by atoms with Gasteiger partial charge in [0.2, 0.25) is 0 Å². The molecule has 56 heavy (non-hydrogen) atoms. The van der Waals surface area contributed by atoms with E-state index in [0.717, 1.165) is 124 Å². The molecule has 0 bridgehead atoms. The Labute approximate surface area is 334 Å². The molecule has 0 saturated heterocycles. The van der Waals surface area contributed by atoms with Crippen LogP contribution in [0.4, 0.5) is 11.4 Å². The fourth-order valence-corrected chi connectivity index (χ4v) is 11.2. The first kappa shape index (κ1) is 41.3. The van der Waals surface area contributed by atoms with Crippen molar-refractivity contribution in [2.24, 2.45) is 17.3 Å². The van der Waals surface area contributed by atoms with Crippen LogP contribution in [-0.4, -0.2) is 62.9 Å². The maximum Gasteiger partial charge on any atom is 0.303 e. The van der Waals surface area contributed by atoms with Gasteiger partial charge in [-0.25, -0.2) is 0 Å². The Hall–Kier alpha value is -4.33. The summed E-state index contributed by atoms with van der Waals surface area (Å²) in [4.78, 5) is 66.1. The highest BCUT2D eigenvalue weighted by atomic mass is 16.6. The molecule has 300 valence electrons. The van der Waals surface area contributed by atoms with E-state index in [0.29, 0.717) is 25.7 Å². The zero-order valence-corrected chi connectivity index (χ0v) is 34.4. The number of Topliss-reactive ketones (excluding diaryl/α,β-unsaturated/α-hetero) is 1. The Morgan fingerprint density at radius 3 is 1.82 bits per heavy atom. The molecule has 2 aromatic carbocycles. The molecule has 0 heterocycles. The summed E-state index contributed by atoms with van der Waals surface area (Å²) in [6, 6.07) is 17.7. The molecular formula is C48H62N2O6. The van der Waals surface area contributed by atoms with Crippen molar-refractivity contribution in [3.63, 3.8) is 0 Å². The smallest absolute Gasteiger partial charge is 0.303 e. The van der Waals surface area contributed by atoms with E-state index in [4.69, 9.17) is 4.74 Å². The number of nitrogens with zero attached hydrogens (tertiary/aromatic N) is 2. The number of hydrogen-bond acceptors (Lipinski definition) is 8. The van der Waals surface area contributed by atoms with Gasteiger partial charge in [-0.2, -0.15) is 0 Å². The van der Waals surface area contributed by atoms with Crippen molar-refractivity contribution in [3.05, 3.63) is 82.5 Å². The predicted octanol–water partition coefficient (Wildman–Crippen LogP) is 9.07. The van der Waals surface area contributed by atoms with Crippen molar-refractivity contribution in [2.75, 3.05) is 37.0 Å². The fourth-order valence-electron chi connectivity index (χ4n) is 11.2. The van der Waals surface area contributed by atoms with E-state index in [1.165, 1.54) is 18.1 Å². The molecule has 2 saturated carbocycles. The zero-order chi connectivity index (χ0) is 40.1. The van der Waals surface area contributed by atoms with Crippen LogP contribution in [0, 0.1) is 17.3 Å². The number of esters is 1. The standard InChI is InChI=1S/C48H62N2O6/c1-34(53)48(56-35(2)54)27-25-44-42-23-14-36-32-41(55)33-47(45(36)43(42)24-26-46(44,48)3,37-15-19-39(20-16-37)49(4)28-10-6-8-12-30-51)38-17-21-40(22-18-38)50(5)29-11-7-9-13-31-52/h15-22,30-32,42,44H,6-14,23-29,33H2,1-5H3/t42-,44+,46+,48+/m1/s1. The molecule has 4 aliphatic rings. The number of rotatable bonds is 18. The van der Waals surface area contributed by atoms with E-state index in [-0.39, 0.29) is 23.4 Å². The van der Waals surface area contributed by atoms with Crippen LogP contribution in [0.15, 0.2) is 71.3 Å². The molecule has 0 aliphatic heterocycles. The number of hydrogen-bond donors (Lipinski definition) is 0. The van der Waals surface area contributed by atoms with Gasteiger partial charge in [-0.15, -0.1) is 0 Å². The lowest BCUT2D eigenvalue weighted by molar-refractivity contribution is -0.181. The number of carbonyl (C=O) groups excluding carboxylic acids is 5. The summed E-state index contributed by atoms with van der Waals surface area (Å²) < 4.78 is 6.06. The molecule has 0 radical (unpaired) electrons. The molecular weight excluding hydrogens is 701 g/mol. The van der Waals surface area contributed by atoms with Gasteiger partial charge in [0.05, 0.1) is 5.41 Å². The number of carbonyl (C=O) groups is 5. The molecule has 8 heteroatoms. The Morgan fingerprint density at radius 2 is 1.32 bits per heavy atom. The van der Waals surface area contributed by atoms with Crippen molar-refractivity contribution in [2.45, 2.75) is 128 Å². The normalized spacial score (nSPS) is 25.0. The summed E-state index contributed by atoms with van der Waals surface area (Å²) >= 11 is 0. The van der Waals surface area contributed by atoms with Crippen LogP contribution in [0.25, 0.3) is 0 Å². The molecule has 0 unspecified atom stereocenters. The number of ether oxygens (including phenoxy) is 1.